The van der Waals surface area contributed by atoms with Gasteiger partial charge in [-0.2, -0.15) is 0 Å². The minimum absolute atomic E-state index is 0.0147. The second kappa shape index (κ2) is 5.31. The van der Waals surface area contributed by atoms with E-state index in [4.69, 9.17) is 10.5 Å². The number of rotatable bonds is 2. The fourth-order valence-corrected chi connectivity index (χ4v) is 2.58. The average molecular weight is 262 g/mol. The number of morpholine rings is 1. The maximum Gasteiger partial charge on any atom is 0.253 e. The van der Waals surface area contributed by atoms with Crippen molar-refractivity contribution < 1.29 is 9.53 Å². The maximum atomic E-state index is 12.1. The van der Waals surface area contributed by atoms with Gasteiger partial charge in [-0.1, -0.05) is 6.07 Å². The fourth-order valence-electron chi connectivity index (χ4n) is 2.58. The third-order valence-corrected chi connectivity index (χ3v) is 3.99. The lowest BCUT2D eigenvalue weighted by molar-refractivity contribution is -0.128. The van der Waals surface area contributed by atoms with Gasteiger partial charge in [-0.15, -0.1) is 0 Å². The molecule has 2 rings (SSSR count). The fraction of sp³-hybridized carbons (Fsp3) is 0.533. The number of hydrogen-bond donors (Lipinski definition) is 1. The van der Waals surface area contributed by atoms with E-state index in [1.807, 2.05) is 4.90 Å². The van der Waals surface area contributed by atoms with E-state index in [1.54, 1.807) is 0 Å². The van der Waals surface area contributed by atoms with Crippen LogP contribution in [0.5, 0.6) is 0 Å². The second-order valence-corrected chi connectivity index (χ2v) is 5.28. The number of nitrogens with two attached hydrogens (primary N) is 1. The third kappa shape index (κ3) is 2.51. The Hall–Kier alpha value is -1.39. The van der Waals surface area contributed by atoms with Crippen LogP contribution in [0.2, 0.25) is 0 Å². The van der Waals surface area contributed by atoms with Gasteiger partial charge in [0.25, 0.3) is 5.91 Å². The molecule has 1 aliphatic heterocycles. The van der Waals surface area contributed by atoms with E-state index >= 15 is 0 Å². The number of hydrogen-bond acceptors (Lipinski definition) is 3. The van der Waals surface area contributed by atoms with Crippen molar-refractivity contribution in [3.63, 3.8) is 0 Å². The van der Waals surface area contributed by atoms with Gasteiger partial charge in [0.15, 0.2) is 0 Å². The van der Waals surface area contributed by atoms with E-state index in [9.17, 15) is 4.79 Å². The topological polar surface area (TPSA) is 55.6 Å². The van der Waals surface area contributed by atoms with Gasteiger partial charge in [0.1, 0.15) is 6.61 Å². The normalized spacial score (nSPS) is 19.9. The Morgan fingerprint density at radius 3 is 2.37 bits per heavy atom. The molecule has 1 heterocycles. The molecule has 1 aromatic rings. The molecule has 0 aromatic heterocycles. The Balaban J connectivity index is 2.48. The summed E-state index contributed by atoms with van der Waals surface area (Å²) in [5.41, 5.74) is 11.4. The number of amides is 1. The molecule has 1 amide bonds. The molecular weight excluding hydrogens is 240 g/mol. The van der Waals surface area contributed by atoms with Crippen molar-refractivity contribution in [2.75, 3.05) is 24.6 Å². The van der Waals surface area contributed by atoms with Gasteiger partial charge in [0.2, 0.25) is 0 Å². The van der Waals surface area contributed by atoms with Crippen molar-refractivity contribution >= 4 is 11.6 Å². The molecule has 1 fully saturated rings. The lowest BCUT2D eigenvalue weighted by Crippen LogP contribution is -2.49. The van der Waals surface area contributed by atoms with Crippen molar-refractivity contribution in [2.45, 2.75) is 33.8 Å². The third-order valence-electron chi connectivity index (χ3n) is 3.99. The Morgan fingerprint density at radius 2 is 1.84 bits per heavy atom. The van der Waals surface area contributed by atoms with Crippen molar-refractivity contribution in [3.05, 3.63) is 28.3 Å². The summed E-state index contributed by atoms with van der Waals surface area (Å²) >= 11 is 0. The van der Waals surface area contributed by atoms with Crippen molar-refractivity contribution in [1.29, 1.82) is 0 Å². The van der Waals surface area contributed by atoms with Crippen molar-refractivity contribution in [1.82, 2.24) is 0 Å². The SMILES string of the molecule is Cc1cc(C)c(C)c(N2CC(CN)OCC2=O)c1C. The summed E-state index contributed by atoms with van der Waals surface area (Å²) in [6.45, 7) is 9.39. The number of benzene rings is 1. The van der Waals surface area contributed by atoms with Gasteiger partial charge in [-0.25, -0.2) is 0 Å². The van der Waals surface area contributed by atoms with Crippen LogP contribution < -0.4 is 10.6 Å². The van der Waals surface area contributed by atoms with Crippen LogP contribution in [0.15, 0.2) is 6.07 Å². The van der Waals surface area contributed by atoms with Crippen molar-refractivity contribution in [2.24, 2.45) is 5.73 Å². The summed E-state index contributed by atoms with van der Waals surface area (Å²) in [4.78, 5) is 14.0. The largest absolute Gasteiger partial charge is 0.365 e. The van der Waals surface area contributed by atoms with E-state index < -0.39 is 0 Å². The minimum Gasteiger partial charge on any atom is -0.365 e. The average Bonchev–Trinajstić information content (AvgIpc) is 2.39. The smallest absolute Gasteiger partial charge is 0.253 e. The number of nitrogens with zero attached hydrogens (tertiary/aromatic N) is 1. The molecule has 1 aliphatic rings. The highest BCUT2D eigenvalue weighted by molar-refractivity contribution is 5.96. The maximum absolute atomic E-state index is 12.1. The second-order valence-electron chi connectivity index (χ2n) is 5.28. The molecule has 1 saturated heterocycles. The first kappa shape index (κ1) is 14.0. The first-order valence-electron chi connectivity index (χ1n) is 6.65. The summed E-state index contributed by atoms with van der Waals surface area (Å²) in [7, 11) is 0. The van der Waals surface area contributed by atoms with E-state index in [1.165, 1.54) is 11.1 Å². The predicted molar refractivity (Wildman–Crippen MR) is 76.5 cm³/mol. The lowest BCUT2D eigenvalue weighted by Gasteiger charge is -2.34. The first-order chi connectivity index (χ1) is 8.95. The molecule has 19 heavy (non-hydrogen) atoms. The molecule has 1 unspecified atom stereocenters. The van der Waals surface area contributed by atoms with E-state index in [2.05, 4.69) is 33.8 Å². The Morgan fingerprint density at radius 1 is 1.26 bits per heavy atom. The van der Waals surface area contributed by atoms with Gasteiger partial charge in [0, 0.05) is 6.54 Å². The molecule has 2 N–H and O–H groups in total. The van der Waals surface area contributed by atoms with Gasteiger partial charge in [-0.05, 0) is 49.9 Å². The number of carbonyl (C=O) groups is 1. The quantitative estimate of drug-likeness (QED) is 0.881. The molecule has 0 aliphatic carbocycles. The molecular formula is C15H22N2O2. The van der Waals surface area contributed by atoms with Gasteiger partial charge in [0.05, 0.1) is 18.3 Å². The van der Waals surface area contributed by atoms with Crippen LogP contribution >= 0.6 is 0 Å². The molecule has 0 spiro atoms. The molecule has 4 nitrogen and oxygen atoms in total. The molecule has 1 atom stereocenters. The Labute approximate surface area is 114 Å². The highest BCUT2D eigenvalue weighted by Gasteiger charge is 2.29. The molecule has 1 aromatic carbocycles. The van der Waals surface area contributed by atoms with Crippen LogP contribution in [0.3, 0.4) is 0 Å². The van der Waals surface area contributed by atoms with E-state index in [-0.39, 0.29) is 18.6 Å². The monoisotopic (exact) mass is 262 g/mol. The van der Waals surface area contributed by atoms with Crippen LogP contribution in [-0.4, -0.2) is 31.7 Å². The van der Waals surface area contributed by atoms with E-state index in [0.717, 1.165) is 16.8 Å². The predicted octanol–water partition coefficient (Wildman–Crippen LogP) is 1.61. The lowest BCUT2D eigenvalue weighted by atomic mass is 9.97. The Kier molecular flexibility index (Phi) is 3.92. The van der Waals surface area contributed by atoms with Gasteiger partial charge >= 0.3 is 0 Å². The van der Waals surface area contributed by atoms with Crippen LogP contribution in [0.25, 0.3) is 0 Å². The zero-order valence-corrected chi connectivity index (χ0v) is 12.1. The summed E-state index contributed by atoms with van der Waals surface area (Å²) in [5, 5.41) is 0. The molecule has 0 saturated carbocycles. The van der Waals surface area contributed by atoms with Crippen LogP contribution in [0, 0.1) is 27.7 Å². The first-order valence-corrected chi connectivity index (χ1v) is 6.65. The van der Waals surface area contributed by atoms with Crippen LogP contribution in [0.1, 0.15) is 22.3 Å². The summed E-state index contributed by atoms with van der Waals surface area (Å²) in [6.07, 6.45) is -0.0719. The standard InChI is InChI=1S/C15H22N2O2/c1-9-5-10(2)12(4)15(11(9)3)17-7-13(6-16)19-8-14(17)18/h5,13H,6-8,16H2,1-4H3. The Bertz CT molecular complexity index is 485. The zero-order valence-electron chi connectivity index (χ0n) is 12.1. The minimum atomic E-state index is -0.0719. The molecule has 4 heteroatoms. The van der Waals surface area contributed by atoms with Crippen LogP contribution in [0.4, 0.5) is 5.69 Å². The zero-order chi connectivity index (χ0) is 14.2. The van der Waals surface area contributed by atoms with Crippen molar-refractivity contribution in [3.8, 4) is 0 Å². The molecule has 104 valence electrons. The van der Waals surface area contributed by atoms with Gasteiger partial charge < -0.3 is 15.4 Å². The van der Waals surface area contributed by atoms with E-state index in [0.29, 0.717) is 13.1 Å². The number of aryl methyl sites for hydroxylation is 2. The number of ether oxygens (including phenoxy) is 1. The molecule has 0 bridgehead atoms. The number of carbonyl (C=O) groups excluding carboxylic acids is 1. The molecule has 0 radical (unpaired) electrons. The number of anilines is 1. The highest BCUT2D eigenvalue weighted by atomic mass is 16.5. The highest BCUT2D eigenvalue weighted by Crippen LogP contribution is 2.31. The van der Waals surface area contributed by atoms with Crippen LogP contribution in [-0.2, 0) is 9.53 Å². The summed E-state index contributed by atoms with van der Waals surface area (Å²) in [5.74, 6) is 0.0147. The summed E-state index contributed by atoms with van der Waals surface area (Å²) in [6, 6.07) is 2.17. The van der Waals surface area contributed by atoms with Gasteiger partial charge in [-0.3, -0.25) is 4.79 Å². The summed E-state index contributed by atoms with van der Waals surface area (Å²) < 4.78 is 5.42.